The van der Waals surface area contributed by atoms with Crippen molar-refractivity contribution < 1.29 is 32.9 Å². The number of ether oxygens (including phenoxy) is 1. The summed E-state index contributed by atoms with van der Waals surface area (Å²) < 4.78 is 16.1. The lowest BCUT2D eigenvalue weighted by Gasteiger charge is -2.25. The van der Waals surface area contributed by atoms with Crippen LogP contribution in [0.25, 0.3) is 17.4 Å². The van der Waals surface area contributed by atoms with Crippen LogP contribution < -0.4 is 10.1 Å². The third kappa shape index (κ3) is 3.86. The maximum absolute atomic E-state index is 12.8. The second-order valence-corrected chi connectivity index (χ2v) is 6.63. The molecule has 0 spiro atoms. The van der Waals surface area contributed by atoms with Crippen LogP contribution in [-0.2, 0) is 16.1 Å². The number of benzene rings is 1. The zero-order chi connectivity index (χ0) is 22.8. The van der Waals surface area contributed by atoms with Gasteiger partial charge in [0.1, 0.15) is 28.6 Å². The van der Waals surface area contributed by atoms with Crippen molar-refractivity contribution >= 4 is 29.6 Å². The first-order valence-corrected chi connectivity index (χ1v) is 9.21. The highest BCUT2D eigenvalue weighted by Gasteiger charge is 2.36. The number of nitro benzene ring substituents is 1. The molecule has 1 aliphatic rings. The average molecular weight is 437 g/mol. The Morgan fingerprint density at radius 3 is 2.69 bits per heavy atom. The number of hydrogen-bond acceptors (Lipinski definition) is 8. The van der Waals surface area contributed by atoms with Crippen LogP contribution in [0.1, 0.15) is 11.5 Å². The van der Waals surface area contributed by atoms with Gasteiger partial charge >= 0.3 is 6.03 Å². The number of nitrogens with zero attached hydrogens (tertiary/aromatic N) is 2. The monoisotopic (exact) mass is 437 g/mol. The lowest BCUT2D eigenvalue weighted by atomic mass is 10.1. The molecular weight excluding hydrogens is 422 g/mol. The van der Waals surface area contributed by atoms with Gasteiger partial charge in [-0.1, -0.05) is 0 Å². The molecule has 32 heavy (non-hydrogen) atoms. The number of carbonyl (C=O) groups excluding carboxylic acids is 3. The topological polar surface area (TPSA) is 145 Å². The molecule has 0 bridgehead atoms. The highest BCUT2D eigenvalue weighted by molar-refractivity contribution is 6.30. The molecule has 4 rings (SSSR count). The van der Waals surface area contributed by atoms with Crippen molar-refractivity contribution in [1.82, 2.24) is 10.2 Å². The van der Waals surface area contributed by atoms with Gasteiger partial charge in [-0.3, -0.25) is 29.9 Å². The smallest absolute Gasteiger partial charge is 0.331 e. The van der Waals surface area contributed by atoms with Crippen molar-refractivity contribution in [2.45, 2.75) is 6.54 Å². The molecule has 1 N–H and O–H groups in total. The Bertz CT molecular complexity index is 1260. The summed E-state index contributed by atoms with van der Waals surface area (Å²) in [4.78, 5) is 48.5. The fourth-order valence-corrected chi connectivity index (χ4v) is 3.12. The number of nitro groups is 1. The third-order valence-corrected chi connectivity index (χ3v) is 4.65. The van der Waals surface area contributed by atoms with Crippen LogP contribution in [0.5, 0.6) is 5.75 Å². The Morgan fingerprint density at radius 1 is 1.19 bits per heavy atom. The normalized spacial score (nSPS) is 15.2. The van der Waals surface area contributed by atoms with E-state index in [1.54, 1.807) is 12.1 Å². The van der Waals surface area contributed by atoms with Gasteiger partial charge in [-0.15, -0.1) is 0 Å². The number of imide groups is 2. The molecule has 0 atom stereocenters. The Morgan fingerprint density at radius 2 is 2.00 bits per heavy atom. The second kappa shape index (κ2) is 8.22. The molecule has 3 aromatic rings. The minimum atomic E-state index is -0.874. The van der Waals surface area contributed by atoms with Crippen molar-refractivity contribution in [2.75, 3.05) is 7.11 Å². The molecule has 3 heterocycles. The number of methoxy groups -OCH3 is 1. The average Bonchev–Trinajstić information content (AvgIpc) is 3.45. The zero-order valence-electron chi connectivity index (χ0n) is 16.6. The molecule has 0 unspecified atom stereocenters. The standard InChI is InChI=1S/C21H15N3O8/c1-30-17-6-4-12(24(28)29)9-15(17)18-7-5-13(32-18)10-16-19(25)22-21(27)23(20(16)26)11-14-3-2-8-31-14/h2-10H,11H2,1H3,(H,22,25,27). The lowest BCUT2D eigenvalue weighted by molar-refractivity contribution is -0.384. The van der Waals surface area contributed by atoms with E-state index in [4.69, 9.17) is 13.6 Å². The lowest BCUT2D eigenvalue weighted by Crippen LogP contribution is -2.53. The number of carbonyl (C=O) groups is 3. The summed E-state index contributed by atoms with van der Waals surface area (Å²) in [6, 6.07) is 9.35. The molecule has 162 valence electrons. The van der Waals surface area contributed by atoms with Crippen LogP contribution in [0.3, 0.4) is 0 Å². The van der Waals surface area contributed by atoms with E-state index in [9.17, 15) is 24.5 Å². The first-order valence-electron chi connectivity index (χ1n) is 9.21. The number of rotatable bonds is 6. The number of barbiturate groups is 1. The largest absolute Gasteiger partial charge is 0.496 e. The molecule has 1 aromatic carbocycles. The van der Waals surface area contributed by atoms with Crippen molar-refractivity contribution in [3.63, 3.8) is 0 Å². The Labute approximate surface area is 180 Å². The van der Waals surface area contributed by atoms with Gasteiger partial charge < -0.3 is 13.6 Å². The second-order valence-electron chi connectivity index (χ2n) is 6.63. The fraction of sp³-hybridized carbons (Fsp3) is 0.0952. The highest BCUT2D eigenvalue weighted by atomic mass is 16.6. The summed E-state index contributed by atoms with van der Waals surface area (Å²) in [5.41, 5.74) is -0.158. The molecule has 4 amide bonds. The maximum atomic E-state index is 12.8. The van der Waals surface area contributed by atoms with Crippen LogP contribution in [0, 0.1) is 10.1 Å². The third-order valence-electron chi connectivity index (χ3n) is 4.65. The molecule has 2 aromatic heterocycles. The van der Waals surface area contributed by atoms with Crippen molar-refractivity contribution in [2.24, 2.45) is 0 Å². The van der Waals surface area contributed by atoms with Crippen LogP contribution in [0.2, 0.25) is 0 Å². The number of amides is 4. The number of hydrogen-bond donors (Lipinski definition) is 1. The first kappa shape index (κ1) is 20.6. The van der Waals surface area contributed by atoms with E-state index in [2.05, 4.69) is 5.32 Å². The first-order chi connectivity index (χ1) is 15.4. The Hall–Kier alpha value is -4.67. The van der Waals surface area contributed by atoms with Crippen molar-refractivity contribution in [1.29, 1.82) is 0 Å². The summed E-state index contributed by atoms with van der Waals surface area (Å²) in [6.07, 6.45) is 2.59. The Kier molecular flexibility index (Phi) is 5.29. The quantitative estimate of drug-likeness (QED) is 0.268. The van der Waals surface area contributed by atoms with Gasteiger partial charge in [0.25, 0.3) is 17.5 Å². The highest BCUT2D eigenvalue weighted by Crippen LogP contribution is 2.35. The van der Waals surface area contributed by atoms with Gasteiger partial charge in [-0.25, -0.2) is 4.79 Å². The molecule has 0 saturated carbocycles. The van der Waals surface area contributed by atoms with Crippen LogP contribution in [0.15, 0.2) is 63.1 Å². The van der Waals surface area contributed by atoms with Gasteiger partial charge in [-0.05, 0) is 36.4 Å². The van der Waals surface area contributed by atoms with E-state index in [1.807, 2.05) is 0 Å². The minimum absolute atomic E-state index is 0.124. The van der Waals surface area contributed by atoms with Crippen LogP contribution >= 0.6 is 0 Å². The van der Waals surface area contributed by atoms with E-state index >= 15 is 0 Å². The molecule has 1 saturated heterocycles. The van der Waals surface area contributed by atoms with Crippen LogP contribution in [-0.4, -0.2) is 34.8 Å². The number of furan rings is 2. The molecular formula is C21H15N3O8. The summed E-state index contributed by atoms with van der Waals surface area (Å²) in [6.45, 7) is -0.156. The van der Waals surface area contributed by atoms with Gasteiger partial charge in [0.15, 0.2) is 0 Å². The summed E-state index contributed by atoms with van der Waals surface area (Å²) >= 11 is 0. The molecule has 1 aliphatic heterocycles. The van der Waals surface area contributed by atoms with E-state index in [0.29, 0.717) is 17.1 Å². The maximum Gasteiger partial charge on any atom is 0.331 e. The molecule has 11 nitrogen and oxygen atoms in total. The molecule has 11 heteroatoms. The van der Waals surface area contributed by atoms with Crippen molar-refractivity contribution in [3.05, 3.63) is 75.9 Å². The predicted molar refractivity (Wildman–Crippen MR) is 108 cm³/mol. The van der Waals surface area contributed by atoms with Gasteiger partial charge in [0, 0.05) is 12.1 Å². The number of urea groups is 1. The fourth-order valence-electron chi connectivity index (χ4n) is 3.12. The number of nitrogens with one attached hydrogen (secondary N) is 1. The summed E-state index contributed by atoms with van der Waals surface area (Å²) in [7, 11) is 1.41. The van der Waals surface area contributed by atoms with E-state index < -0.39 is 22.8 Å². The van der Waals surface area contributed by atoms with Gasteiger partial charge in [0.2, 0.25) is 0 Å². The van der Waals surface area contributed by atoms with Gasteiger partial charge in [0.05, 0.1) is 30.4 Å². The molecule has 0 aliphatic carbocycles. The van der Waals surface area contributed by atoms with Crippen molar-refractivity contribution in [3.8, 4) is 17.1 Å². The minimum Gasteiger partial charge on any atom is -0.496 e. The Balaban J connectivity index is 1.65. The zero-order valence-corrected chi connectivity index (χ0v) is 16.6. The van der Waals surface area contributed by atoms with Crippen LogP contribution in [0.4, 0.5) is 10.5 Å². The molecule has 0 radical (unpaired) electrons. The van der Waals surface area contributed by atoms with E-state index in [1.165, 1.54) is 49.8 Å². The number of non-ortho nitro benzene ring substituents is 1. The molecule has 1 fully saturated rings. The predicted octanol–water partition coefficient (Wildman–Crippen LogP) is 3.12. The van der Waals surface area contributed by atoms with Gasteiger partial charge in [-0.2, -0.15) is 0 Å². The van der Waals surface area contributed by atoms with E-state index in [0.717, 1.165) is 4.90 Å². The summed E-state index contributed by atoms with van der Waals surface area (Å²) in [5, 5.41) is 13.2. The SMILES string of the molecule is COc1ccc([N+](=O)[O-])cc1-c1ccc(C=C2C(=O)NC(=O)N(Cc3ccco3)C2=O)o1. The van der Waals surface area contributed by atoms with E-state index in [-0.39, 0.29) is 29.3 Å². The summed E-state index contributed by atoms with van der Waals surface area (Å²) in [5.74, 6) is -0.641.